The first-order valence-corrected chi connectivity index (χ1v) is 13.7. The first-order valence-electron chi connectivity index (χ1n) is 13.7. The van der Waals surface area contributed by atoms with E-state index in [0.29, 0.717) is 36.8 Å². The van der Waals surface area contributed by atoms with Crippen LogP contribution in [0.25, 0.3) is 10.9 Å². The Morgan fingerprint density at radius 3 is 2.55 bits per heavy atom. The van der Waals surface area contributed by atoms with Gasteiger partial charge in [0.05, 0.1) is 18.9 Å². The number of nitrogens with zero attached hydrogens (tertiary/aromatic N) is 6. The van der Waals surface area contributed by atoms with E-state index in [0.717, 1.165) is 38.9 Å². The second kappa shape index (κ2) is 11.8. The third-order valence-electron chi connectivity index (χ3n) is 7.48. The van der Waals surface area contributed by atoms with Gasteiger partial charge in [-0.15, -0.1) is 5.10 Å². The number of benzene rings is 2. The summed E-state index contributed by atoms with van der Waals surface area (Å²) in [6.45, 7) is 5.35. The maximum atomic E-state index is 13.9. The number of fused-ring (bicyclic) bond motifs is 1. The van der Waals surface area contributed by atoms with Crippen LogP contribution in [0, 0.1) is 13.8 Å². The average Bonchev–Trinajstić information content (AvgIpc) is 3.69. The lowest BCUT2D eigenvalue weighted by molar-refractivity contribution is 0.193. The highest BCUT2D eigenvalue weighted by Crippen LogP contribution is 2.31. The number of hydrogen-bond donors (Lipinski definition) is 1. The summed E-state index contributed by atoms with van der Waals surface area (Å²) < 4.78 is 12.7. The number of aromatic amines is 1. The molecule has 212 valence electrons. The number of tetrazole rings is 1. The van der Waals surface area contributed by atoms with Gasteiger partial charge in [-0.2, -0.15) is 0 Å². The maximum Gasteiger partial charge on any atom is 0.253 e. The van der Waals surface area contributed by atoms with Crippen molar-refractivity contribution in [3.63, 3.8) is 0 Å². The molecule has 0 fully saturated rings. The van der Waals surface area contributed by atoms with Crippen LogP contribution < -0.4 is 10.3 Å². The van der Waals surface area contributed by atoms with E-state index in [2.05, 4.69) is 36.5 Å². The van der Waals surface area contributed by atoms with Crippen LogP contribution in [-0.2, 0) is 19.6 Å². The van der Waals surface area contributed by atoms with Crippen LogP contribution in [0.4, 0.5) is 0 Å². The fourth-order valence-corrected chi connectivity index (χ4v) is 5.29. The van der Waals surface area contributed by atoms with Gasteiger partial charge in [0.2, 0.25) is 0 Å². The van der Waals surface area contributed by atoms with Crippen molar-refractivity contribution >= 4 is 10.9 Å². The zero-order valence-corrected chi connectivity index (χ0v) is 23.7. The first kappa shape index (κ1) is 27.1. The van der Waals surface area contributed by atoms with Crippen LogP contribution in [0.1, 0.15) is 45.4 Å². The Hall–Kier alpha value is -5.09. The Bertz CT molecular complexity index is 1850. The van der Waals surface area contributed by atoms with Crippen LogP contribution in [0.2, 0.25) is 0 Å². The highest BCUT2D eigenvalue weighted by Gasteiger charge is 2.31. The van der Waals surface area contributed by atoms with Gasteiger partial charge >= 0.3 is 0 Å². The average molecular weight is 562 g/mol. The number of ether oxygens (including phenoxy) is 1. The second-order valence-corrected chi connectivity index (χ2v) is 10.3. The number of H-pyrrole nitrogens is 1. The molecular weight excluding hydrogens is 530 g/mol. The molecule has 0 bridgehead atoms. The number of pyridine rings is 2. The van der Waals surface area contributed by atoms with E-state index in [-0.39, 0.29) is 5.56 Å². The number of rotatable bonds is 10. The zero-order valence-electron chi connectivity index (χ0n) is 23.7. The van der Waals surface area contributed by atoms with Crippen molar-refractivity contribution in [2.45, 2.75) is 39.5 Å². The first-order chi connectivity index (χ1) is 20.5. The predicted molar refractivity (Wildman–Crippen MR) is 158 cm³/mol. The molecule has 6 aromatic rings. The lowest BCUT2D eigenvalue weighted by Crippen LogP contribution is -2.35. The van der Waals surface area contributed by atoms with Crippen LogP contribution >= 0.6 is 0 Å². The molecule has 0 unspecified atom stereocenters. The molecule has 0 saturated carbocycles. The molecule has 0 spiro atoms. The molecule has 6 rings (SSSR count). The molecule has 0 radical (unpaired) electrons. The van der Waals surface area contributed by atoms with Gasteiger partial charge in [0.15, 0.2) is 5.82 Å². The summed E-state index contributed by atoms with van der Waals surface area (Å²) in [5.41, 5.74) is 5.28. The van der Waals surface area contributed by atoms with Gasteiger partial charge in [0.1, 0.15) is 24.1 Å². The molecular formula is C32H31N7O3. The molecule has 0 amide bonds. The molecule has 0 saturated heterocycles. The van der Waals surface area contributed by atoms with Crippen LogP contribution in [0.5, 0.6) is 5.75 Å². The number of nitrogens with one attached hydrogen (secondary N) is 1. The minimum Gasteiger partial charge on any atom is -0.497 e. The van der Waals surface area contributed by atoms with Crippen molar-refractivity contribution in [3.8, 4) is 5.75 Å². The Kier molecular flexibility index (Phi) is 7.61. The van der Waals surface area contributed by atoms with Crippen LogP contribution in [0.15, 0.2) is 94.6 Å². The predicted octanol–water partition coefficient (Wildman–Crippen LogP) is 4.97. The minimum absolute atomic E-state index is 0.195. The summed E-state index contributed by atoms with van der Waals surface area (Å²) >= 11 is 0. The van der Waals surface area contributed by atoms with Gasteiger partial charge in [-0.05, 0) is 82.9 Å². The van der Waals surface area contributed by atoms with E-state index >= 15 is 0 Å². The fourth-order valence-electron chi connectivity index (χ4n) is 5.29. The van der Waals surface area contributed by atoms with E-state index in [4.69, 9.17) is 9.15 Å². The summed E-state index contributed by atoms with van der Waals surface area (Å²) in [7, 11) is 1.65. The van der Waals surface area contributed by atoms with Gasteiger partial charge in [-0.25, -0.2) is 4.68 Å². The van der Waals surface area contributed by atoms with Gasteiger partial charge in [0, 0.05) is 36.4 Å². The third-order valence-corrected chi connectivity index (χ3v) is 7.48. The smallest absolute Gasteiger partial charge is 0.253 e. The molecule has 2 aromatic carbocycles. The van der Waals surface area contributed by atoms with E-state index in [1.54, 1.807) is 24.3 Å². The summed E-state index contributed by atoms with van der Waals surface area (Å²) in [6, 6.07) is 21.0. The molecule has 42 heavy (non-hydrogen) atoms. The molecule has 4 aromatic heterocycles. The monoisotopic (exact) mass is 561 g/mol. The number of hydrogen-bond acceptors (Lipinski definition) is 8. The van der Waals surface area contributed by atoms with E-state index < -0.39 is 6.04 Å². The van der Waals surface area contributed by atoms with Crippen molar-refractivity contribution in [2.24, 2.45) is 0 Å². The van der Waals surface area contributed by atoms with Crippen molar-refractivity contribution < 1.29 is 9.15 Å². The Morgan fingerprint density at radius 2 is 1.81 bits per heavy atom. The number of aromatic nitrogens is 6. The normalized spacial score (nSPS) is 12.2. The van der Waals surface area contributed by atoms with E-state index in [1.807, 2.05) is 80.7 Å². The molecule has 0 aliphatic heterocycles. The molecule has 1 N–H and O–H groups in total. The Labute approximate surface area is 242 Å². The van der Waals surface area contributed by atoms with Gasteiger partial charge in [-0.1, -0.05) is 30.3 Å². The zero-order chi connectivity index (χ0) is 29.1. The van der Waals surface area contributed by atoms with Crippen molar-refractivity contribution in [2.75, 3.05) is 7.11 Å². The number of aryl methyl sites for hydroxylation is 2. The third kappa shape index (κ3) is 5.57. The maximum absolute atomic E-state index is 13.9. The molecule has 1 atom stereocenters. The topological polar surface area (TPSA) is 115 Å². The molecule has 0 aliphatic rings. The Morgan fingerprint density at radius 1 is 1.00 bits per heavy atom. The molecule has 10 nitrogen and oxygen atoms in total. The lowest BCUT2D eigenvalue weighted by Gasteiger charge is -2.31. The second-order valence-electron chi connectivity index (χ2n) is 10.3. The standard InChI is InChI=1S/C32H31N7O3/c1-21-8-9-22(2)29-27(21)16-28(32(40)34-29)30(31-35-36-37-39(31)20-26-7-5-15-42-26)38(19-24-6-4-14-33-17-24)18-23-10-12-25(41-3)13-11-23/h4-17,30H,18-20H2,1-3H3,(H,34,40)/t30-/m0/s1. The molecule has 0 aliphatic carbocycles. The highest BCUT2D eigenvalue weighted by molar-refractivity contribution is 5.85. The summed E-state index contributed by atoms with van der Waals surface area (Å²) in [5.74, 6) is 2.00. The van der Waals surface area contributed by atoms with Crippen LogP contribution in [0.3, 0.4) is 0 Å². The van der Waals surface area contributed by atoms with Crippen molar-refractivity contribution in [1.82, 2.24) is 35.1 Å². The number of furan rings is 1. The van der Waals surface area contributed by atoms with E-state index in [9.17, 15) is 4.79 Å². The van der Waals surface area contributed by atoms with Crippen LogP contribution in [-0.4, -0.2) is 42.2 Å². The molecule has 10 heteroatoms. The minimum atomic E-state index is -0.606. The molecule has 4 heterocycles. The van der Waals surface area contributed by atoms with Gasteiger partial charge < -0.3 is 14.1 Å². The Balaban J connectivity index is 1.54. The van der Waals surface area contributed by atoms with Crippen molar-refractivity contribution in [1.29, 1.82) is 0 Å². The summed E-state index contributed by atoms with van der Waals surface area (Å²) in [5, 5.41) is 13.8. The van der Waals surface area contributed by atoms with Gasteiger partial charge in [-0.3, -0.25) is 14.7 Å². The quantitative estimate of drug-likeness (QED) is 0.249. The summed E-state index contributed by atoms with van der Waals surface area (Å²) in [6.07, 6.45) is 5.20. The largest absolute Gasteiger partial charge is 0.497 e. The van der Waals surface area contributed by atoms with E-state index in [1.165, 1.54) is 0 Å². The summed E-state index contributed by atoms with van der Waals surface area (Å²) in [4.78, 5) is 23.7. The fraction of sp³-hybridized carbons (Fsp3) is 0.219. The highest BCUT2D eigenvalue weighted by atomic mass is 16.5. The SMILES string of the molecule is COc1ccc(CN(Cc2cccnc2)[C@@H](c2cc3c(C)ccc(C)c3[nH]c2=O)c2nnnn2Cc2ccco2)cc1. The van der Waals surface area contributed by atoms with Gasteiger partial charge in [0.25, 0.3) is 5.56 Å². The lowest BCUT2D eigenvalue weighted by atomic mass is 9.98. The van der Waals surface area contributed by atoms with Crippen molar-refractivity contribution in [3.05, 3.63) is 135 Å². The number of methoxy groups -OCH3 is 1.